The van der Waals surface area contributed by atoms with E-state index in [1.165, 1.54) is 69.4 Å². The average molecular weight is 679 g/mol. The van der Waals surface area contributed by atoms with Crippen LogP contribution in [-0.4, -0.2) is 18.7 Å². The van der Waals surface area contributed by atoms with Crippen LogP contribution in [0, 0.1) is 46.3 Å². The highest BCUT2D eigenvalue weighted by Crippen LogP contribution is 2.65. The van der Waals surface area contributed by atoms with Crippen molar-refractivity contribution in [1.82, 2.24) is 0 Å². The van der Waals surface area contributed by atoms with Crippen molar-refractivity contribution < 1.29 is 18.7 Å². The summed E-state index contributed by atoms with van der Waals surface area (Å²) >= 11 is 0. The monoisotopic (exact) mass is 678 g/mol. The van der Waals surface area contributed by atoms with Crippen LogP contribution in [0.4, 0.5) is 0 Å². The fourth-order valence-corrected chi connectivity index (χ4v) is 11.1. The van der Waals surface area contributed by atoms with Gasteiger partial charge in [-0.1, -0.05) is 95.9 Å². The molecule has 0 radical (unpaired) electrons. The predicted octanol–water partition coefficient (Wildman–Crippen LogP) is 11.2. The van der Waals surface area contributed by atoms with Crippen molar-refractivity contribution in [2.75, 3.05) is 6.61 Å². The summed E-state index contributed by atoms with van der Waals surface area (Å²) in [7, 11) is 0. The fourth-order valence-electron chi connectivity index (χ4n) is 11.1. The number of ether oxygens (including phenoxy) is 2. The minimum absolute atomic E-state index is 0.105. The number of fused-ring (bicyclic) bond motifs is 6. The van der Waals surface area contributed by atoms with Gasteiger partial charge in [-0.15, -0.1) is 0 Å². The molecule has 0 bridgehead atoms. The smallest absolute Gasteiger partial charge is 0.344 e. The Bertz CT molecular complexity index is 1750. The van der Waals surface area contributed by atoms with Gasteiger partial charge >= 0.3 is 11.6 Å². The molecule has 0 N–H and O–H groups in total. The Morgan fingerprint density at radius 3 is 2.56 bits per heavy atom. The maximum Gasteiger partial charge on any atom is 0.344 e. The molecule has 3 aromatic rings. The Hall–Kier alpha value is -3.34. The van der Waals surface area contributed by atoms with E-state index in [0.717, 1.165) is 71.3 Å². The highest BCUT2D eigenvalue weighted by Gasteiger charge is 2.56. The summed E-state index contributed by atoms with van der Waals surface area (Å²) in [6, 6.07) is 16.7. The normalized spacial score (nSPS) is 31.2. The highest BCUT2D eigenvalue weighted by molar-refractivity contribution is 5.93. The number of hydrogen-bond acceptors (Lipinski definition) is 5. The minimum atomic E-state index is -0.423. The first-order chi connectivity index (χ1) is 24.0. The SMILES string of the molecule is CC(C)CCC[C@H](C)[C@H]1CC[C@@H]2[C@@H]3CC=C4C[C@H](OC(=O)COc5ccc6c(-c7ccccc7)cc(=O)oc6c5)CC[C@]4(C)[C@@H]3CC[C@]2(C)C1. The Labute approximate surface area is 299 Å². The quantitative estimate of drug-likeness (QED) is 0.121. The lowest BCUT2D eigenvalue weighted by molar-refractivity contribution is -0.154. The molecule has 50 heavy (non-hydrogen) atoms. The number of benzene rings is 2. The first kappa shape index (κ1) is 35.1. The standard InChI is InChI=1S/C45H58O5/c1-29(2)10-9-11-30(3)32-14-19-39-37-17-15-33-24-35(20-23-45(33,5)40(37)21-22-44(39,4)27-32)49-43(47)28-48-34-16-18-36-38(31-12-7-6-8-13-31)26-42(46)50-41(36)25-34/h6-8,12-13,15-16,18,25-26,29-30,32,35,37,39-40H,9-11,14,17,19-24,27-28H2,1-5H3/t30-,32-,35+,37-,39+,40+,44+,45-/m0/s1. The summed E-state index contributed by atoms with van der Waals surface area (Å²) in [5, 5.41) is 0.816. The van der Waals surface area contributed by atoms with Crippen molar-refractivity contribution >= 4 is 16.9 Å². The number of esters is 1. The van der Waals surface area contributed by atoms with Crippen molar-refractivity contribution in [2.45, 2.75) is 118 Å². The van der Waals surface area contributed by atoms with Gasteiger partial charge in [0.05, 0.1) is 0 Å². The molecule has 0 spiro atoms. The molecule has 4 aliphatic carbocycles. The van der Waals surface area contributed by atoms with Gasteiger partial charge in [0.25, 0.3) is 0 Å². The fraction of sp³-hybridized carbons (Fsp3) is 0.600. The second kappa shape index (κ2) is 14.4. The Balaban J connectivity index is 0.945. The summed E-state index contributed by atoms with van der Waals surface area (Å²) in [5.74, 6) is 5.07. The van der Waals surface area contributed by atoms with Gasteiger partial charge in [0.1, 0.15) is 17.4 Å². The third kappa shape index (κ3) is 7.08. The van der Waals surface area contributed by atoms with Crippen LogP contribution >= 0.6 is 0 Å². The van der Waals surface area contributed by atoms with E-state index in [9.17, 15) is 9.59 Å². The van der Waals surface area contributed by atoms with E-state index in [-0.39, 0.29) is 24.1 Å². The molecule has 268 valence electrons. The molecule has 3 fully saturated rings. The van der Waals surface area contributed by atoms with Gasteiger partial charge in [-0.05, 0) is 121 Å². The van der Waals surface area contributed by atoms with E-state index in [0.29, 0.717) is 16.7 Å². The minimum Gasteiger partial charge on any atom is -0.482 e. The molecule has 7 rings (SSSR count). The zero-order valence-electron chi connectivity index (χ0n) is 31.0. The Kier molecular flexibility index (Phi) is 10.1. The molecule has 4 aliphatic rings. The van der Waals surface area contributed by atoms with Gasteiger partial charge in [0.15, 0.2) is 6.61 Å². The molecular weight excluding hydrogens is 620 g/mol. The average Bonchev–Trinajstić information content (AvgIpc) is 3.09. The van der Waals surface area contributed by atoms with Gasteiger partial charge in [0.2, 0.25) is 0 Å². The van der Waals surface area contributed by atoms with Crippen LogP contribution in [-0.2, 0) is 9.53 Å². The summed E-state index contributed by atoms with van der Waals surface area (Å²) in [6.07, 6.45) is 17.6. The molecule has 8 atom stereocenters. The first-order valence-corrected chi connectivity index (χ1v) is 19.7. The molecule has 1 aromatic heterocycles. The Morgan fingerprint density at radius 1 is 0.940 bits per heavy atom. The van der Waals surface area contributed by atoms with Crippen LogP contribution < -0.4 is 10.4 Å². The zero-order valence-corrected chi connectivity index (χ0v) is 31.0. The summed E-state index contributed by atoms with van der Waals surface area (Å²) < 4.78 is 17.4. The van der Waals surface area contributed by atoms with Gasteiger partial charge < -0.3 is 13.9 Å². The number of hydrogen-bond donors (Lipinski definition) is 0. The van der Waals surface area contributed by atoms with Gasteiger partial charge in [-0.25, -0.2) is 9.59 Å². The van der Waals surface area contributed by atoms with Crippen molar-refractivity contribution in [3.8, 4) is 16.9 Å². The van der Waals surface area contributed by atoms with E-state index in [2.05, 4.69) is 40.7 Å². The zero-order chi connectivity index (χ0) is 35.0. The summed E-state index contributed by atoms with van der Waals surface area (Å²) in [6.45, 7) is 12.3. The highest BCUT2D eigenvalue weighted by atomic mass is 16.6. The molecule has 1 heterocycles. The number of carbonyl (C=O) groups is 1. The van der Waals surface area contributed by atoms with Crippen molar-refractivity contribution in [1.29, 1.82) is 0 Å². The maximum atomic E-state index is 13.0. The largest absolute Gasteiger partial charge is 0.482 e. The second-order valence-corrected chi connectivity index (χ2v) is 17.4. The van der Waals surface area contributed by atoms with Crippen LogP contribution in [0.3, 0.4) is 0 Å². The predicted molar refractivity (Wildman–Crippen MR) is 201 cm³/mol. The lowest BCUT2D eigenvalue weighted by Gasteiger charge is -2.61. The van der Waals surface area contributed by atoms with Crippen LogP contribution in [0.5, 0.6) is 5.75 Å². The van der Waals surface area contributed by atoms with E-state index < -0.39 is 5.63 Å². The first-order valence-electron chi connectivity index (χ1n) is 19.7. The number of carbonyl (C=O) groups excluding carboxylic acids is 1. The molecule has 0 amide bonds. The molecular formula is C45H58O5. The molecule has 2 aromatic carbocycles. The van der Waals surface area contributed by atoms with Crippen LogP contribution in [0.2, 0.25) is 0 Å². The van der Waals surface area contributed by atoms with Gasteiger partial charge in [0, 0.05) is 23.9 Å². The van der Waals surface area contributed by atoms with Gasteiger partial charge in [-0.2, -0.15) is 0 Å². The van der Waals surface area contributed by atoms with E-state index in [1.807, 2.05) is 42.5 Å². The van der Waals surface area contributed by atoms with E-state index >= 15 is 0 Å². The molecule has 0 saturated heterocycles. The molecule has 5 nitrogen and oxygen atoms in total. The number of allylic oxidation sites excluding steroid dienone is 1. The van der Waals surface area contributed by atoms with Gasteiger partial charge in [-0.3, -0.25) is 0 Å². The van der Waals surface area contributed by atoms with E-state index in [4.69, 9.17) is 13.9 Å². The van der Waals surface area contributed by atoms with E-state index in [1.54, 1.807) is 6.07 Å². The maximum absolute atomic E-state index is 13.0. The van der Waals surface area contributed by atoms with Crippen LogP contribution in [0.15, 0.2) is 75.5 Å². The molecule has 0 unspecified atom stereocenters. The van der Waals surface area contributed by atoms with Crippen LogP contribution in [0.1, 0.15) is 112 Å². The number of rotatable bonds is 10. The second-order valence-electron chi connectivity index (χ2n) is 17.4. The third-order valence-corrected chi connectivity index (χ3v) is 13.9. The van der Waals surface area contributed by atoms with Crippen molar-refractivity contribution in [3.05, 3.63) is 76.7 Å². The third-order valence-electron chi connectivity index (χ3n) is 13.9. The summed E-state index contributed by atoms with van der Waals surface area (Å²) in [5.41, 5.74) is 3.99. The Morgan fingerprint density at radius 2 is 1.76 bits per heavy atom. The van der Waals surface area contributed by atoms with Crippen molar-refractivity contribution in [3.63, 3.8) is 0 Å². The topological polar surface area (TPSA) is 65.7 Å². The lowest BCUT2D eigenvalue weighted by atomic mass is 9.44. The molecule has 5 heteroatoms. The lowest BCUT2D eigenvalue weighted by Crippen LogP contribution is -2.52. The van der Waals surface area contributed by atoms with Crippen molar-refractivity contribution in [2.24, 2.45) is 46.3 Å². The molecule has 3 saturated carbocycles. The summed E-state index contributed by atoms with van der Waals surface area (Å²) in [4.78, 5) is 25.4. The molecule has 0 aliphatic heterocycles. The van der Waals surface area contributed by atoms with Crippen LogP contribution in [0.25, 0.3) is 22.1 Å².